The Hall–Kier alpha value is -0.630. The van der Waals surface area contributed by atoms with Gasteiger partial charge in [-0.25, -0.2) is 0 Å². The van der Waals surface area contributed by atoms with E-state index in [1.165, 1.54) is 80.4 Å². The molecule has 2 N–H and O–H groups in total. The lowest BCUT2D eigenvalue weighted by Gasteiger charge is -2.06. The highest BCUT2D eigenvalue weighted by molar-refractivity contribution is 7.99. The molecule has 0 heterocycles. The van der Waals surface area contributed by atoms with Crippen LogP contribution < -0.4 is 5.73 Å². The summed E-state index contributed by atoms with van der Waals surface area (Å²) in [6, 6.07) is 6.31. The van der Waals surface area contributed by atoms with Crippen LogP contribution in [0.3, 0.4) is 0 Å². The zero-order chi connectivity index (χ0) is 15.3. The molecule has 0 radical (unpaired) electrons. The van der Waals surface area contributed by atoms with Crippen LogP contribution in [0.15, 0.2) is 23.1 Å². The first-order chi connectivity index (χ1) is 10.2. The quantitative estimate of drug-likeness (QED) is 0.268. The van der Waals surface area contributed by atoms with E-state index in [9.17, 15) is 0 Å². The Labute approximate surface area is 136 Å². The smallest absolute Gasteiger partial charge is 0.0452 e. The van der Waals surface area contributed by atoms with Crippen LogP contribution in [0.25, 0.3) is 0 Å². The first-order valence-corrected chi connectivity index (χ1v) is 9.71. The Morgan fingerprint density at radius 3 is 2.05 bits per heavy atom. The molecule has 0 aromatic heterocycles. The molecule has 0 atom stereocenters. The Morgan fingerprint density at radius 1 is 0.857 bits per heavy atom. The van der Waals surface area contributed by atoms with Crippen molar-refractivity contribution in [2.45, 2.75) is 83.0 Å². The lowest BCUT2D eigenvalue weighted by molar-refractivity contribution is 0.563. The first kappa shape index (κ1) is 18.4. The number of anilines is 1. The van der Waals surface area contributed by atoms with Crippen LogP contribution in [-0.2, 0) is 0 Å². The Bertz CT molecular complexity index is 376. The van der Waals surface area contributed by atoms with Crippen LogP contribution >= 0.6 is 11.8 Å². The van der Waals surface area contributed by atoms with Gasteiger partial charge in [-0.05, 0) is 36.8 Å². The number of benzene rings is 1. The largest absolute Gasteiger partial charge is 0.398 e. The maximum Gasteiger partial charge on any atom is 0.0452 e. The number of thioether (sulfide) groups is 1. The van der Waals surface area contributed by atoms with Gasteiger partial charge in [-0.15, -0.1) is 11.8 Å². The molecule has 0 aliphatic carbocycles. The lowest BCUT2D eigenvalue weighted by atomic mass is 10.1. The van der Waals surface area contributed by atoms with E-state index >= 15 is 0 Å². The Morgan fingerprint density at radius 2 is 1.43 bits per heavy atom. The van der Waals surface area contributed by atoms with Crippen molar-refractivity contribution in [1.29, 1.82) is 0 Å². The average molecular weight is 308 g/mol. The highest BCUT2D eigenvalue weighted by Crippen LogP contribution is 2.27. The van der Waals surface area contributed by atoms with Crippen molar-refractivity contribution >= 4 is 17.4 Å². The summed E-state index contributed by atoms with van der Waals surface area (Å²) in [5.41, 5.74) is 8.23. The van der Waals surface area contributed by atoms with E-state index in [-0.39, 0.29) is 0 Å². The monoisotopic (exact) mass is 307 g/mol. The molecule has 0 amide bonds. The molecule has 2 heteroatoms. The third-order valence-corrected chi connectivity index (χ3v) is 5.08. The molecule has 120 valence electrons. The summed E-state index contributed by atoms with van der Waals surface area (Å²) in [7, 11) is 0. The average Bonchev–Trinajstić information content (AvgIpc) is 2.48. The van der Waals surface area contributed by atoms with Gasteiger partial charge in [0.15, 0.2) is 0 Å². The normalized spacial score (nSPS) is 11.0. The highest BCUT2D eigenvalue weighted by Gasteiger charge is 2.00. The maximum atomic E-state index is 6.00. The minimum Gasteiger partial charge on any atom is -0.398 e. The maximum absolute atomic E-state index is 6.00. The van der Waals surface area contributed by atoms with Crippen molar-refractivity contribution in [1.82, 2.24) is 0 Å². The molecule has 0 aliphatic rings. The van der Waals surface area contributed by atoms with Gasteiger partial charge in [-0.1, -0.05) is 70.8 Å². The number of aryl methyl sites for hydroxylation is 1. The van der Waals surface area contributed by atoms with Crippen molar-refractivity contribution in [2.75, 3.05) is 11.5 Å². The molecule has 0 unspecified atom stereocenters. The molecule has 0 fully saturated rings. The molecule has 1 rings (SSSR count). The van der Waals surface area contributed by atoms with Gasteiger partial charge >= 0.3 is 0 Å². The van der Waals surface area contributed by atoms with Crippen molar-refractivity contribution in [3.05, 3.63) is 23.8 Å². The van der Waals surface area contributed by atoms with E-state index in [4.69, 9.17) is 5.73 Å². The number of hydrogen-bond acceptors (Lipinski definition) is 2. The summed E-state index contributed by atoms with van der Waals surface area (Å²) in [5, 5.41) is 0. The van der Waals surface area contributed by atoms with Crippen LogP contribution in [0.1, 0.15) is 76.7 Å². The van der Waals surface area contributed by atoms with Gasteiger partial charge in [0.25, 0.3) is 0 Å². The zero-order valence-corrected chi connectivity index (χ0v) is 14.8. The van der Waals surface area contributed by atoms with Crippen LogP contribution in [0.4, 0.5) is 5.69 Å². The first-order valence-electron chi connectivity index (χ1n) is 8.73. The van der Waals surface area contributed by atoms with Gasteiger partial charge in [-0.2, -0.15) is 0 Å². The number of rotatable bonds is 12. The summed E-state index contributed by atoms with van der Waals surface area (Å²) in [4.78, 5) is 1.26. The summed E-state index contributed by atoms with van der Waals surface area (Å²) in [6.45, 7) is 4.41. The Kier molecular flexibility index (Phi) is 10.5. The molecule has 0 saturated heterocycles. The topological polar surface area (TPSA) is 26.0 Å². The van der Waals surface area contributed by atoms with Gasteiger partial charge in [0.1, 0.15) is 0 Å². The van der Waals surface area contributed by atoms with Gasteiger partial charge in [0.05, 0.1) is 0 Å². The van der Waals surface area contributed by atoms with Crippen LogP contribution in [0, 0.1) is 6.92 Å². The zero-order valence-electron chi connectivity index (χ0n) is 14.0. The second-order valence-corrected chi connectivity index (χ2v) is 7.21. The predicted molar refractivity (Wildman–Crippen MR) is 98.2 cm³/mol. The lowest BCUT2D eigenvalue weighted by Crippen LogP contribution is -1.90. The minimum atomic E-state index is 0.928. The summed E-state index contributed by atoms with van der Waals surface area (Å²) >= 11 is 1.91. The Balaban J connectivity index is 1.94. The summed E-state index contributed by atoms with van der Waals surface area (Å²) in [5.74, 6) is 1.20. The third-order valence-electron chi connectivity index (χ3n) is 3.92. The van der Waals surface area contributed by atoms with Gasteiger partial charge in [0.2, 0.25) is 0 Å². The molecule has 0 bridgehead atoms. The number of hydrogen-bond donors (Lipinski definition) is 1. The number of nitrogens with two attached hydrogens (primary N) is 1. The summed E-state index contributed by atoms with van der Waals surface area (Å²) in [6.07, 6.45) is 14.0. The molecule has 0 aliphatic heterocycles. The van der Waals surface area contributed by atoms with E-state index in [0.717, 1.165) is 5.69 Å². The molecule has 0 spiro atoms. The molecule has 0 saturated carbocycles. The molecular formula is C19H33NS. The van der Waals surface area contributed by atoms with E-state index < -0.39 is 0 Å². The van der Waals surface area contributed by atoms with Gasteiger partial charge in [0, 0.05) is 10.6 Å². The molecule has 21 heavy (non-hydrogen) atoms. The fourth-order valence-electron chi connectivity index (χ4n) is 2.54. The van der Waals surface area contributed by atoms with Crippen molar-refractivity contribution in [3.8, 4) is 0 Å². The summed E-state index contributed by atoms with van der Waals surface area (Å²) < 4.78 is 0. The minimum absolute atomic E-state index is 0.928. The second kappa shape index (κ2) is 12.0. The van der Waals surface area contributed by atoms with E-state index in [0.29, 0.717) is 0 Å². The van der Waals surface area contributed by atoms with Crippen molar-refractivity contribution < 1.29 is 0 Å². The van der Waals surface area contributed by atoms with Gasteiger partial charge < -0.3 is 5.73 Å². The SMILES string of the molecule is CCCCCCCCCCCCSc1cc(C)ccc1N. The fraction of sp³-hybridized carbons (Fsp3) is 0.684. The number of nitrogen functional groups attached to an aromatic ring is 1. The predicted octanol–water partition coefficient (Wildman–Crippen LogP) is 6.59. The number of unbranched alkanes of at least 4 members (excludes halogenated alkanes) is 9. The molecular weight excluding hydrogens is 274 g/mol. The van der Waals surface area contributed by atoms with E-state index in [2.05, 4.69) is 26.0 Å². The van der Waals surface area contributed by atoms with Crippen molar-refractivity contribution in [2.24, 2.45) is 0 Å². The second-order valence-electron chi connectivity index (χ2n) is 6.07. The van der Waals surface area contributed by atoms with Crippen LogP contribution in [0.2, 0.25) is 0 Å². The van der Waals surface area contributed by atoms with Crippen molar-refractivity contribution in [3.63, 3.8) is 0 Å². The van der Waals surface area contributed by atoms with Crippen LogP contribution in [0.5, 0.6) is 0 Å². The highest BCUT2D eigenvalue weighted by atomic mass is 32.2. The third kappa shape index (κ3) is 9.08. The van der Waals surface area contributed by atoms with Gasteiger partial charge in [-0.3, -0.25) is 0 Å². The molecule has 1 nitrogen and oxygen atoms in total. The van der Waals surface area contributed by atoms with E-state index in [1.807, 2.05) is 17.8 Å². The molecule has 1 aromatic rings. The van der Waals surface area contributed by atoms with Crippen LogP contribution in [-0.4, -0.2) is 5.75 Å². The standard InChI is InChI=1S/C19H33NS/c1-3-4-5-6-7-8-9-10-11-12-15-21-19-16-17(2)13-14-18(19)20/h13-14,16H,3-12,15,20H2,1-2H3. The fourth-order valence-corrected chi connectivity index (χ4v) is 3.61. The van der Waals surface area contributed by atoms with E-state index in [1.54, 1.807) is 0 Å². The molecule has 1 aromatic carbocycles.